The number of amides is 3. The number of furan rings is 1. The van der Waals surface area contributed by atoms with Crippen LogP contribution in [0.5, 0.6) is 0 Å². The molecule has 3 rings (SSSR count). The van der Waals surface area contributed by atoms with Gasteiger partial charge in [0.25, 0.3) is 0 Å². The van der Waals surface area contributed by atoms with Crippen molar-refractivity contribution in [2.75, 3.05) is 25.0 Å². The van der Waals surface area contributed by atoms with Crippen molar-refractivity contribution in [2.24, 2.45) is 0 Å². The quantitative estimate of drug-likeness (QED) is 0.489. The van der Waals surface area contributed by atoms with E-state index in [1.807, 2.05) is 43.3 Å². The van der Waals surface area contributed by atoms with E-state index in [1.165, 1.54) is 23.1 Å². The van der Waals surface area contributed by atoms with Crippen LogP contribution in [0.4, 0.5) is 14.9 Å². The van der Waals surface area contributed by atoms with Crippen LogP contribution in [0, 0.1) is 5.82 Å². The molecule has 0 saturated carbocycles. The van der Waals surface area contributed by atoms with Gasteiger partial charge in [0, 0.05) is 18.8 Å². The van der Waals surface area contributed by atoms with Gasteiger partial charge in [0.2, 0.25) is 5.91 Å². The molecule has 32 heavy (non-hydrogen) atoms. The maximum atomic E-state index is 13.5. The van der Waals surface area contributed by atoms with E-state index in [2.05, 4.69) is 5.32 Å². The first-order chi connectivity index (χ1) is 15.5. The molecule has 1 N–H and O–H groups in total. The first-order valence-electron chi connectivity index (χ1n) is 10.7. The molecule has 0 aliphatic rings. The third-order valence-electron chi connectivity index (χ3n) is 4.98. The van der Waals surface area contributed by atoms with Crippen LogP contribution in [0.1, 0.15) is 24.7 Å². The van der Waals surface area contributed by atoms with Gasteiger partial charge in [-0.1, -0.05) is 43.3 Å². The second-order valence-electron chi connectivity index (χ2n) is 7.49. The predicted octanol–water partition coefficient (Wildman–Crippen LogP) is 4.93. The lowest BCUT2D eigenvalue weighted by Gasteiger charge is -2.27. The largest absolute Gasteiger partial charge is 0.467 e. The average Bonchev–Trinajstić information content (AvgIpc) is 3.30. The zero-order chi connectivity index (χ0) is 22.8. The van der Waals surface area contributed by atoms with E-state index in [0.717, 1.165) is 5.56 Å². The van der Waals surface area contributed by atoms with Crippen molar-refractivity contribution >= 4 is 17.6 Å². The van der Waals surface area contributed by atoms with Crippen LogP contribution in [0.25, 0.3) is 0 Å². The number of carbonyl (C=O) groups is 2. The number of carbonyl (C=O) groups excluding carboxylic acids is 2. The van der Waals surface area contributed by atoms with Crippen LogP contribution >= 0.6 is 0 Å². The molecule has 0 unspecified atom stereocenters. The fourth-order valence-electron chi connectivity index (χ4n) is 3.35. The molecule has 0 atom stereocenters. The highest BCUT2D eigenvalue weighted by Crippen LogP contribution is 2.12. The molecule has 6 nitrogen and oxygen atoms in total. The van der Waals surface area contributed by atoms with Gasteiger partial charge in [-0.25, -0.2) is 9.18 Å². The number of benzene rings is 2. The maximum absolute atomic E-state index is 13.5. The van der Waals surface area contributed by atoms with Gasteiger partial charge in [-0.2, -0.15) is 0 Å². The van der Waals surface area contributed by atoms with Crippen molar-refractivity contribution < 1.29 is 18.4 Å². The number of urea groups is 1. The van der Waals surface area contributed by atoms with Crippen LogP contribution in [-0.2, 0) is 17.8 Å². The SMILES string of the molecule is CCCN(CC(=O)N(CCc1ccccc1)Cc1ccco1)C(=O)Nc1cccc(F)c1. The van der Waals surface area contributed by atoms with Gasteiger partial charge in [0.05, 0.1) is 12.8 Å². The van der Waals surface area contributed by atoms with Crippen LogP contribution in [0.2, 0.25) is 0 Å². The van der Waals surface area contributed by atoms with Crippen molar-refractivity contribution in [1.82, 2.24) is 9.80 Å². The Kier molecular flexibility index (Phi) is 8.43. The normalized spacial score (nSPS) is 10.6. The number of nitrogens with zero attached hydrogens (tertiary/aromatic N) is 2. The molecule has 0 aliphatic carbocycles. The second-order valence-corrected chi connectivity index (χ2v) is 7.49. The molecule has 2 aromatic carbocycles. The van der Waals surface area contributed by atoms with E-state index >= 15 is 0 Å². The number of hydrogen-bond donors (Lipinski definition) is 1. The minimum absolute atomic E-state index is 0.0789. The first kappa shape index (κ1) is 23.1. The summed E-state index contributed by atoms with van der Waals surface area (Å²) >= 11 is 0. The van der Waals surface area contributed by atoms with E-state index < -0.39 is 11.8 Å². The summed E-state index contributed by atoms with van der Waals surface area (Å²) in [5.41, 5.74) is 1.47. The summed E-state index contributed by atoms with van der Waals surface area (Å²) in [6.45, 7) is 3.08. The van der Waals surface area contributed by atoms with Gasteiger partial charge in [-0.05, 0) is 48.7 Å². The Morgan fingerprint density at radius 1 is 0.969 bits per heavy atom. The Bertz CT molecular complexity index is 993. The predicted molar refractivity (Wildman–Crippen MR) is 122 cm³/mol. The third-order valence-corrected chi connectivity index (χ3v) is 4.98. The van der Waals surface area contributed by atoms with E-state index in [1.54, 1.807) is 23.3 Å². The highest BCUT2D eigenvalue weighted by molar-refractivity contribution is 5.92. The Balaban J connectivity index is 1.68. The van der Waals surface area contributed by atoms with E-state index in [9.17, 15) is 14.0 Å². The van der Waals surface area contributed by atoms with Crippen molar-refractivity contribution in [3.8, 4) is 0 Å². The fourth-order valence-corrected chi connectivity index (χ4v) is 3.35. The molecule has 0 aliphatic heterocycles. The molecule has 0 fully saturated rings. The summed E-state index contributed by atoms with van der Waals surface area (Å²) in [4.78, 5) is 29.1. The number of nitrogens with one attached hydrogen (secondary N) is 1. The molecular weight excluding hydrogens is 409 g/mol. The summed E-state index contributed by atoms with van der Waals surface area (Å²) in [6.07, 6.45) is 2.95. The minimum atomic E-state index is -0.438. The number of halogens is 1. The van der Waals surface area contributed by atoms with Crippen LogP contribution < -0.4 is 5.32 Å². The molecule has 0 spiro atoms. The second kappa shape index (κ2) is 11.7. The summed E-state index contributed by atoms with van der Waals surface area (Å²) in [5, 5.41) is 2.67. The van der Waals surface area contributed by atoms with Crippen LogP contribution in [-0.4, -0.2) is 41.4 Å². The lowest BCUT2D eigenvalue weighted by Crippen LogP contribution is -2.45. The summed E-state index contributed by atoms with van der Waals surface area (Å²) in [7, 11) is 0. The Morgan fingerprint density at radius 2 is 1.78 bits per heavy atom. The molecule has 0 saturated heterocycles. The molecule has 168 valence electrons. The van der Waals surface area contributed by atoms with Gasteiger partial charge >= 0.3 is 6.03 Å². The van der Waals surface area contributed by atoms with Crippen molar-refractivity contribution in [2.45, 2.75) is 26.3 Å². The van der Waals surface area contributed by atoms with E-state index in [4.69, 9.17) is 4.42 Å². The number of rotatable bonds is 10. The molecule has 7 heteroatoms. The molecular formula is C25H28FN3O3. The molecule has 0 bridgehead atoms. The van der Waals surface area contributed by atoms with Gasteiger partial charge in [-0.3, -0.25) is 4.79 Å². The van der Waals surface area contributed by atoms with E-state index in [0.29, 0.717) is 43.9 Å². The lowest BCUT2D eigenvalue weighted by molar-refractivity contribution is -0.132. The highest BCUT2D eigenvalue weighted by atomic mass is 19.1. The standard InChI is InChI=1S/C25H28FN3O3/c1-2-14-29(25(31)27-22-11-6-10-21(26)17-22)19-24(30)28(18-23-12-7-16-32-23)15-13-20-8-4-3-5-9-20/h3-12,16-17H,2,13-15,18-19H2,1H3,(H,27,31). The van der Waals surface area contributed by atoms with Crippen molar-refractivity contribution in [1.29, 1.82) is 0 Å². The molecule has 1 aromatic heterocycles. The lowest BCUT2D eigenvalue weighted by atomic mass is 10.1. The number of anilines is 1. The third kappa shape index (κ3) is 6.97. The smallest absolute Gasteiger partial charge is 0.322 e. The van der Waals surface area contributed by atoms with Gasteiger partial charge in [0.1, 0.15) is 18.1 Å². The zero-order valence-corrected chi connectivity index (χ0v) is 18.2. The van der Waals surface area contributed by atoms with Crippen molar-refractivity contribution in [3.05, 3.63) is 90.1 Å². The van der Waals surface area contributed by atoms with Gasteiger partial charge in [-0.15, -0.1) is 0 Å². The zero-order valence-electron chi connectivity index (χ0n) is 18.2. The maximum Gasteiger partial charge on any atom is 0.322 e. The first-order valence-corrected chi connectivity index (χ1v) is 10.7. The summed E-state index contributed by atoms with van der Waals surface area (Å²) in [6, 6.07) is 18.8. The topological polar surface area (TPSA) is 65.8 Å². The average molecular weight is 438 g/mol. The molecule has 3 amide bonds. The molecule has 0 radical (unpaired) electrons. The monoisotopic (exact) mass is 437 g/mol. The molecule has 3 aromatic rings. The summed E-state index contributed by atoms with van der Waals surface area (Å²) in [5.74, 6) is 0.0595. The van der Waals surface area contributed by atoms with E-state index in [-0.39, 0.29) is 12.5 Å². The van der Waals surface area contributed by atoms with Gasteiger partial charge in [0.15, 0.2) is 0 Å². The van der Waals surface area contributed by atoms with Gasteiger partial charge < -0.3 is 19.5 Å². The minimum Gasteiger partial charge on any atom is -0.467 e. The Labute approximate surface area is 187 Å². The van der Waals surface area contributed by atoms with Crippen molar-refractivity contribution in [3.63, 3.8) is 0 Å². The highest BCUT2D eigenvalue weighted by Gasteiger charge is 2.22. The fraction of sp³-hybridized carbons (Fsp3) is 0.280. The Morgan fingerprint density at radius 3 is 2.47 bits per heavy atom. The Hall–Kier alpha value is -3.61. The molecule has 1 heterocycles. The van der Waals surface area contributed by atoms with Crippen LogP contribution in [0.15, 0.2) is 77.4 Å². The number of hydrogen-bond acceptors (Lipinski definition) is 3. The summed E-state index contributed by atoms with van der Waals surface area (Å²) < 4.78 is 18.9. The van der Waals surface area contributed by atoms with Crippen LogP contribution in [0.3, 0.4) is 0 Å².